The third-order valence-electron chi connectivity index (χ3n) is 7.96. The van der Waals surface area contributed by atoms with Crippen LogP contribution in [0.15, 0.2) is 18.2 Å². The van der Waals surface area contributed by atoms with Gasteiger partial charge < -0.3 is 35.0 Å². The number of aliphatic hydroxyl groups is 1. The van der Waals surface area contributed by atoms with Gasteiger partial charge in [0.15, 0.2) is 5.60 Å². The number of ether oxygens (including phenoxy) is 2. The summed E-state index contributed by atoms with van der Waals surface area (Å²) in [6.07, 6.45) is 4.38. The normalized spacial score (nSPS) is 24.2. The van der Waals surface area contributed by atoms with Gasteiger partial charge in [0, 0.05) is 63.1 Å². The van der Waals surface area contributed by atoms with Crippen LogP contribution < -0.4 is 25.2 Å². The molecular formula is C30H46N4O6. The molecule has 10 nitrogen and oxygen atoms in total. The van der Waals surface area contributed by atoms with E-state index in [0.717, 1.165) is 31.4 Å². The highest BCUT2D eigenvalue weighted by molar-refractivity contribution is 6.04. The molecular weight excluding hydrogens is 512 g/mol. The van der Waals surface area contributed by atoms with Gasteiger partial charge in [-0.15, -0.1) is 0 Å². The Morgan fingerprint density at radius 1 is 1.12 bits per heavy atom. The van der Waals surface area contributed by atoms with Crippen LogP contribution in [0.25, 0.3) is 0 Å². The van der Waals surface area contributed by atoms with Crippen LogP contribution in [0.4, 0.5) is 11.4 Å². The number of hydrogen-bond acceptors (Lipinski definition) is 7. The molecule has 10 heteroatoms. The predicted octanol–water partition coefficient (Wildman–Crippen LogP) is 2.62. The number of hydrogen-bond donors (Lipinski definition) is 3. The largest absolute Gasteiger partial charge is 0.476 e. The molecule has 3 fully saturated rings. The van der Waals surface area contributed by atoms with Gasteiger partial charge in [-0.05, 0) is 70.6 Å². The molecule has 4 aliphatic rings. The van der Waals surface area contributed by atoms with Gasteiger partial charge in [0.05, 0.1) is 11.6 Å². The maximum absolute atomic E-state index is 13.9. The maximum Gasteiger partial charge on any atom is 0.270 e. The summed E-state index contributed by atoms with van der Waals surface area (Å²) < 4.78 is 11.4. The molecule has 1 saturated carbocycles. The lowest BCUT2D eigenvalue weighted by atomic mass is 9.92. The Hall–Kier alpha value is -2.69. The van der Waals surface area contributed by atoms with Crippen LogP contribution in [0, 0.1) is 11.8 Å². The zero-order chi connectivity index (χ0) is 28.9. The van der Waals surface area contributed by atoms with Gasteiger partial charge in [-0.25, -0.2) is 0 Å². The second kappa shape index (κ2) is 13.3. The third-order valence-corrected chi connectivity index (χ3v) is 7.96. The van der Waals surface area contributed by atoms with E-state index < -0.39 is 5.60 Å². The van der Waals surface area contributed by atoms with E-state index in [-0.39, 0.29) is 48.2 Å². The minimum atomic E-state index is -1.01. The van der Waals surface area contributed by atoms with E-state index in [1.54, 1.807) is 18.7 Å². The predicted molar refractivity (Wildman–Crippen MR) is 154 cm³/mol. The Morgan fingerprint density at radius 3 is 2.52 bits per heavy atom. The van der Waals surface area contributed by atoms with E-state index in [0.29, 0.717) is 57.1 Å². The van der Waals surface area contributed by atoms with Crippen molar-refractivity contribution in [3.8, 4) is 5.75 Å². The molecule has 2 unspecified atom stereocenters. The van der Waals surface area contributed by atoms with Crippen LogP contribution >= 0.6 is 0 Å². The molecule has 2 saturated heterocycles. The highest BCUT2D eigenvalue weighted by Gasteiger charge is 2.43. The minimum Gasteiger partial charge on any atom is -0.476 e. The standard InChI is InChI=1S/C28H40N4O6.C2H6/c1-28(2)27(36)31(10-3-11-33)23-15-22(6-7-24(23)38-28)32(21-4-5-21)26(35)19-14-20(17-29-16-19)30-25(34)18-8-12-37-13-9-18;1-2/h6-7,15,18-21,29,33H,3-5,8-14,16-17H2,1-2H3,(H,30,34);1-2H3. The van der Waals surface area contributed by atoms with E-state index in [1.807, 2.05) is 36.9 Å². The average Bonchev–Trinajstić information content (AvgIpc) is 3.80. The number of aliphatic hydroxyl groups excluding tert-OH is 1. The fourth-order valence-electron chi connectivity index (χ4n) is 5.72. The molecule has 0 aromatic heterocycles. The zero-order valence-electron chi connectivity index (χ0n) is 24.4. The van der Waals surface area contributed by atoms with Crippen molar-refractivity contribution in [1.82, 2.24) is 10.6 Å². The number of piperidine rings is 1. The Balaban J connectivity index is 0.00000181. The summed E-state index contributed by atoms with van der Waals surface area (Å²) in [5.41, 5.74) is 0.366. The summed E-state index contributed by atoms with van der Waals surface area (Å²) in [5.74, 6) is 0.228. The van der Waals surface area contributed by atoms with Crippen LogP contribution in [0.5, 0.6) is 5.75 Å². The van der Waals surface area contributed by atoms with Gasteiger partial charge in [-0.3, -0.25) is 14.4 Å². The molecule has 1 aliphatic carbocycles. The van der Waals surface area contributed by atoms with E-state index in [1.165, 1.54) is 0 Å². The van der Waals surface area contributed by atoms with Gasteiger partial charge in [0.2, 0.25) is 11.8 Å². The van der Waals surface area contributed by atoms with Crippen LogP contribution in [-0.2, 0) is 19.1 Å². The number of nitrogens with zero attached hydrogens (tertiary/aromatic N) is 2. The van der Waals surface area contributed by atoms with Crippen LogP contribution in [-0.4, -0.2) is 80.0 Å². The maximum atomic E-state index is 13.9. The summed E-state index contributed by atoms with van der Waals surface area (Å²) in [7, 11) is 0. The molecule has 40 heavy (non-hydrogen) atoms. The summed E-state index contributed by atoms with van der Waals surface area (Å²) >= 11 is 0. The lowest BCUT2D eigenvalue weighted by molar-refractivity contribution is -0.132. The molecule has 0 bridgehead atoms. The SMILES string of the molecule is CC.CC1(C)Oc2ccc(N(C(=O)C3CNCC(NC(=O)C4CCOCC4)C3)C3CC3)cc2N(CCCO)C1=O. The Morgan fingerprint density at radius 2 is 1.85 bits per heavy atom. The number of fused-ring (bicyclic) bond motifs is 1. The summed E-state index contributed by atoms with van der Waals surface area (Å²) in [6, 6.07) is 5.63. The first-order valence-corrected chi connectivity index (χ1v) is 15.0. The quantitative estimate of drug-likeness (QED) is 0.449. The Bertz CT molecular complexity index is 1050. The van der Waals surface area contributed by atoms with Crippen molar-refractivity contribution >= 4 is 29.1 Å². The second-order valence-electron chi connectivity index (χ2n) is 11.4. The monoisotopic (exact) mass is 558 g/mol. The van der Waals surface area contributed by atoms with E-state index in [9.17, 15) is 19.5 Å². The summed E-state index contributed by atoms with van der Waals surface area (Å²) in [4.78, 5) is 43.4. The fourth-order valence-corrected chi connectivity index (χ4v) is 5.72. The molecule has 1 aromatic carbocycles. The Labute approximate surface area is 237 Å². The highest BCUT2D eigenvalue weighted by atomic mass is 16.5. The molecule has 3 N–H and O–H groups in total. The van der Waals surface area contributed by atoms with Crippen molar-refractivity contribution in [3.63, 3.8) is 0 Å². The van der Waals surface area contributed by atoms with Gasteiger partial charge in [0.1, 0.15) is 5.75 Å². The zero-order valence-corrected chi connectivity index (χ0v) is 24.4. The number of carbonyl (C=O) groups excluding carboxylic acids is 3. The van der Waals surface area contributed by atoms with Crippen molar-refractivity contribution in [3.05, 3.63) is 18.2 Å². The van der Waals surface area contributed by atoms with Crippen molar-refractivity contribution < 1.29 is 29.0 Å². The first-order chi connectivity index (χ1) is 19.3. The first-order valence-electron chi connectivity index (χ1n) is 15.0. The van der Waals surface area contributed by atoms with E-state index in [4.69, 9.17) is 9.47 Å². The number of carbonyl (C=O) groups is 3. The number of rotatable bonds is 8. The van der Waals surface area contributed by atoms with Crippen molar-refractivity contribution in [2.45, 2.75) is 83.9 Å². The number of amides is 3. The lowest BCUT2D eigenvalue weighted by Gasteiger charge is -2.40. The van der Waals surface area contributed by atoms with Crippen LogP contribution in [0.3, 0.4) is 0 Å². The molecule has 1 aromatic rings. The number of anilines is 2. The van der Waals surface area contributed by atoms with Crippen LogP contribution in [0.2, 0.25) is 0 Å². The van der Waals surface area contributed by atoms with Gasteiger partial charge >= 0.3 is 0 Å². The Kier molecular flexibility index (Phi) is 10.1. The molecule has 0 radical (unpaired) electrons. The van der Waals surface area contributed by atoms with Gasteiger partial charge in [-0.2, -0.15) is 0 Å². The number of benzene rings is 1. The number of nitrogens with one attached hydrogen (secondary N) is 2. The molecule has 3 aliphatic heterocycles. The molecule has 5 rings (SSSR count). The van der Waals surface area contributed by atoms with Gasteiger partial charge in [0.25, 0.3) is 5.91 Å². The lowest BCUT2D eigenvalue weighted by Crippen LogP contribution is -2.54. The molecule has 2 atom stereocenters. The third kappa shape index (κ3) is 6.78. The highest BCUT2D eigenvalue weighted by Crippen LogP contribution is 2.42. The van der Waals surface area contributed by atoms with Gasteiger partial charge in [-0.1, -0.05) is 13.8 Å². The molecule has 222 valence electrons. The van der Waals surface area contributed by atoms with Crippen LogP contribution in [0.1, 0.15) is 66.2 Å². The average molecular weight is 559 g/mol. The summed E-state index contributed by atoms with van der Waals surface area (Å²) in [5, 5.41) is 15.9. The molecule has 0 spiro atoms. The topological polar surface area (TPSA) is 120 Å². The molecule has 3 heterocycles. The fraction of sp³-hybridized carbons (Fsp3) is 0.700. The van der Waals surface area contributed by atoms with E-state index in [2.05, 4.69) is 10.6 Å². The molecule has 3 amide bonds. The summed E-state index contributed by atoms with van der Waals surface area (Å²) in [6.45, 7) is 10.3. The van der Waals surface area contributed by atoms with Crippen molar-refractivity contribution in [2.75, 3.05) is 49.3 Å². The second-order valence-corrected chi connectivity index (χ2v) is 11.4. The first kappa shape index (κ1) is 30.3. The minimum absolute atomic E-state index is 0.0202. The smallest absolute Gasteiger partial charge is 0.270 e. The van der Waals surface area contributed by atoms with E-state index >= 15 is 0 Å². The van der Waals surface area contributed by atoms with Crippen molar-refractivity contribution in [2.24, 2.45) is 11.8 Å². The van der Waals surface area contributed by atoms with Crippen molar-refractivity contribution in [1.29, 1.82) is 0 Å².